The van der Waals surface area contributed by atoms with E-state index in [4.69, 9.17) is 33.7 Å². The minimum atomic E-state index is -0.0829. The first-order valence-electron chi connectivity index (χ1n) is 6.77. The average Bonchev–Trinajstić information content (AvgIpc) is 2.50. The summed E-state index contributed by atoms with van der Waals surface area (Å²) in [6, 6.07) is 10.4. The van der Waals surface area contributed by atoms with Crippen LogP contribution < -0.4 is 15.3 Å². The lowest BCUT2D eigenvalue weighted by Gasteiger charge is -2.07. The van der Waals surface area contributed by atoms with E-state index in [0.29, 0.717) is 44.7 Å². The number of rotatable bonds is 4. The van der Waals surface area contributed by atoms with Crippen LogP contribution in [0.5, 0.6) is 5.75 Å². The molecule has 2 N–H and O–H groups in total. The second-order valence-electron chi connectivity index (χ2n) is 4.84. The van der Waals surface area contributed by atoms with Gasteiger partial charge in [-0.3, -0.25) is 0 Å². The number of hydrogen-bond donors (Lipinski definition) is 1. The molecule has 0 aliphatic heterocycles. The van der Waals surface area contributed by atoms with Crippen LogP contribution in [-0.4, -0.2) is 16.7 Å². The van der Waals surface area contributed by atoms with Gasteiger partial charge in [-0.05, 0) is 28.6 Å². The van der Waals surface area contributed by atoms with Gasteiger partial charge in [0.2, 0.25) is 0 Å². The lowest BCUT2D eigenvalue weighted by Crippen LogP contribution is -2.33. The minimum absolute atomic E-state index is 0.0829. The van der Waals surface area contributed by atoms with E-state index in [1.807, 2.05) is 12.1 Å². The molecule has 3 aromatic rings. The molecule has 8 heteroatoms. The van der Waals surface area contributed by atoms with Crippen LogP contribution in [0, 0.1) is 5.21 Å². The van der Waals surface area contributed by atoms with Crippen LogP contribution >= 0.6 is 23.2 Å². The predicted octanol–water partition coefficient (Wildman–Crippen LogP) is 2.77. The maximum Gasteiger partial charge on any atom is 0.288 e. The van der Waals surface area contributed by atoms with Crippen molar-refractivity contribution in [2.45, 2.75) is 6.42 Å². The molecule has 1 heterocycles. The van der Waals surface area contributed by atoms with Gasteiger partial charge >= 0.3 is 0 Å². The van der Waals surface area contributed by atoms with Gasteiger partial charge in [0.05, 0.1) is 21.8 Å². The monoisotopic (exact) mass is 350 g/mol. The molecule has 0 saturated heterocycles. The van der Waals surface area contributed by atoms with E-state index in [2.05, 4.69) is 10.1 Å². The van der Waals surface area contributed by atoms with Crippen LogP contribution in [0.15, 0.2) is 36.4 Å². The fourth-order valence-electron chi connectivity index (χ4n) is 2.12. The third-order valence-corrected chi connectivity index (χ3v) is 3.96. The van der Waals surface area contributed by atoms with E-state index in [1.165, 1.54) is 0 Å². The summed E-state index contributed by atoms with van der Waals surface area (Å²) in [7, 11) is 0. The molecule has 0 atom stereocenters. The summed E-state index contributed by atoms with van der Waals surface area (Å²) >= 11 is 11.9. The van der Waals surface area contributed by atoms with Crippen LogP contribution in [0.3, 0.4) is 0 Å². The molecule has 3 rings (SSSR count). The predicted molar refractivity (Wildman–Crippen MR) is 88.6 cm³/mol. The highest BCUT2D eigenvalue weighted by Crippen LogP contribution is 2.23. The molecule has 0 bridgehead atoms. The molecule has 0 amide bonds. The number of nitrogens with two attached hydrogens (primary N) is 1. The number of aromatic nitrogens is 3. The summed E-state index contributed by atoms with van der Waals surface area (Å²) in [5, 5.41) is 16.1. The first-order valence-corrected chi connectivity index (χ1v) is 7.52. The van der Waals surface area contributed by atoms with E-state index >= 15 is 0 Å². The quantitative estimate of drug-likeness (QED) is 0.577. The molecular weight excluding hydrogens is 339 g/mol. The van der Waals surface area contributed by atoms with Crippen molar-refractivity contribution in [1.82, 2.24) is 10.1 Å². The standard InChI is InChI=1S/C15H12Cl2N4O2/c16-11-3-1-9(7-12(11)17)5-6-23-10-2-4-14-13(8-10)19-15(18)20-21(14)22/h1-4,7-8H,5-6H2,(H2,18,19,20). The molecule has 6 nitrogen and oxygen atoms in total. The van der Waals surface area contributed by atoms with Gasteiger partial charge in [-0.1, -0.05) is 29.3 Å². The highest BCUT2D eigenvalue weighted by atomic mass is 35.5. The van der Waals surface area contributed by atoms with Crippen molar-refractivity contribution in [2.24, 2.45) is 0 Å². The summed E-state index contributed by atoms with van der Waals surface area (Å²) in [5.41, 5.74) is 7.25. The van der Waals surface area contributed by atoms with Gasteiger partial charge in [0.1, 0.15) is 11.3 Å². The lowest BCUT2D eigenvalue weighted by atomic mass is 10.2. The molecule has 23 heavy (non-hydrogen) atoms. The Kier molecular flexibility index (Phi) is 4.36. The Morgan fingerprint density at radius 2 is 1.96 bits per heavy atom. The highest BCUT2D eigenvalue weighted by Gasteiger charge is 2.10. The zero-order valence-electron chi connectivity index (χ0n) is 11.9. The van der Waals surface area contributed by atoms with Crippen molar-refractivity contribution in [3.05, 3.63) is 57.2 Å². The van der Waals surface area contributed by atoms with E-state index in [-0.39, 0.29) is 5.95 Å². The minimum Gasteiger partial charge on any atom is -0.594 e. The van der Waals surface area contributed by atoms with Crippen molar-refractivity contribution < 1.29 is 9.58 Å². The van der Waals surface area contributed by atoms with Gasteiger partial charge in [0, 0.05) is 18.6 Å². The Morgan fingerprint density at radius 1 is 1.13 bits per heavy atom. The Morgan fingerprint density at radius 3 is 2.74 bits per heavy atom. The molecule has 0 radical (unpaired) electrons. The average molecular weight is 351 g/mol. The van der Waals surface area contributed by atoms with Crippen LogP contribution in [0.1, 0.15) is 5.56 Å². The number of halogens is 2. The van der Waals surface area contributed by atoms with E-state index in [1.54, 1.807) is 24.3 Å². The second kappa shape index (κ2) is 6.44. The van der Waals surface area contributed by atoms with Gasteiger partial charge in [0.15, 0.2) is 0 Å². The van der Waals surface area contributed by atoms with Gasteiger partial charge < -0.3 is 15.7 Å². The normalized spacial score (nSPS) is 10.9. The smallest absolute Gasteiger partial charge is 0.288 e. The third kappa shape index (κ3) is 3.55. The lowest BCUT2D eigenvalue weighted by molar-refractivity contribution is -0.641. The number of benzene rings is 2. The van der Waals surface area contributed by atoms with Crippen LogP contribution in [0.2, 0.25) is 10.0 Å². The fourth-order valence-corrected chi connectivity index (χ4v) is 2.44. The first kappa shape index (κ1) is 15.6. The largest absolute Gasteiger partial charge is 0.594 e. The number of hydrogen-bond acceptors (Lipinski definition) is 5. The van der Waals surface area contributed by atoms with E-state index < -0.39 is 0 Å². The van der Waals surface area contributed by atoms with Crippen molar-refractivity contribution in [1.29, 1.82) is 0 Å². The molecule has 0 aliphatic rings. The van der Waals surface area contributed by atoms with Crippen LogP contribution in [0.4, 0.5) is 5.95 Å². The summed E-state index contributed by atoms with van der Waals surface area (Å²) in [4.78, 5) is 4.46. The zero-order valence-corrected chi connectivity index (χ0v) is 13.4. The van der Waals surface area contributed by atoms with Crippen molar-refractivity contribution in [3.8, 4) is 5.75 Å². The molecule has 2 aromatic carbocycles. The molecule has 118 valence electrons. The molecule has 0 aliphatic carbocycles. The van der Waals surface area contributed by atoms with Crippen LogP contribution in [0.25, 0.3) is 11.0 Å². The van der Waals surface area contributed by atoms with Gasteiger partial charge in [0.25, 0.3) is 11.5 Å². The summed E-state index contributed by atoms with van der Waals surface area (Å²) < 4.78 is 5.68. The van der Waals surface area contributed by atoms with Crippen molar-refractivity contribution in [3.63, 3.8) is 0 Å². The zero-order chi connectivity index (χ0) is 16.4. The maximum absolute atomic E-state index is 11.6. The third-order valence-electron chi connectivity index (χ3n) is 3.22. The maximum atomic E-state index is 11.6. The Hall–Kier alpha value is -2.31. The van der Waals surface area contributed by atoms with Crippen molar-refractivity contribution in [2.75, 3.05) is 12.3 Å². The van der Waals surface area contributed by atoms with Crippen molar-refractivity contribution >= 4 is 40.2 Å². The summed E-state index contributed by atoms with van der Waals surface area (Å²) in [6.45, 7) is 0.446. The molecular formula is C15H12Cl2N4O2. The highest BCUT2D eigenvalue weighted by molar-refractivity contribution is 6.42. The Balaban J connectivity index is 1.70. The van der Waals surface area contributed by atoms with Gasteiger partial charge in [-0.15, -0.1) is 0 Å². The Bertz CT molecular complexity index is 873. The SMILES string of the molecule is Nc1nc2cc(OCCc3ccc(Cl)c(Cl)c3)ccc2[n+]([O-])n1. The molecule has 0 fully saturated rings. The van der Waals surface area contributed by atoms with E-state index in [0.717, 1.165) is 5.56 Å². The summed E-state index contributed by atoms with van der Waals surface area (Å²) in [5.74, 6) is 0.510. The fraction of sp³-hybridized carbons (Fsp3) is 0.133. The molecule has 0 unspecified atom stereocenters. The molecule has 1 aromatic heterocycles. The van der Waals surface area contributed by atoms with Gasteiger partial charge in [-0.25, -0.2) is 4.98 Å². The first-order chi connectivity index (χ1) is 11.0. The number of fused-ring (bicyclic) bond motifs is 1. The number of nitrogens with zero attached hydrogens (tertiary/aromatic N) is 3. The number of ether oxygens (including phenoxy) is 1. The number of nitrogen functional groups attached to an aromatic ring is 1. The van der Waals surface area contributed by atoms with E-state index in [9.17, 15) is 5.21 Å². The second-order valence-corrected chi connectivity index (χ2v) is 5.65. The van der Waals surface area contributed by atoms with Gasteiger partial charge in [-0.2, -0.15) is 0 Å². The van der Waals surface area contributed by atoms with Crippen LogP contribution in [-0.2, 0) is 6.42 Å². The summed E-state index contributed by atoms with van der Waals surface area (Å²) in [6.07, 6.45) is 0.669. The topological polar surface area (TPSA) is 88.0 Å². The number of anilines is 1. The molecule has 0 spiro atoms. The Labute approximate surface area is 142 Å². The molecule has 0 saturated carbocycles.